The number of amides is 2. The van der Waals surface area contributed by atoms with E-state index in [1.54, 1.807) is 12.1 Å². The van der Waals surface area contributed by atoms with Crippen LogP contribution in [-0.4, -0.2) is 50.0 Å². The molecule has 0 radical (unpaired) electrons. The standard InChI is InChI=1S/C35H46FN3O4S/c1-3-32(34(41)37-30-6-4-5-7-30)38(22-24-8-12-29(36)13-9-24)33(40)23-39(44(2,42)43)31-14-10-28(11-15-31)35-19-25-16-26(20-35)18-27(17-25)21-35/h8-15,25-27,30,32H,3-7,16-23H2,1-2H3,(H,37,41). The lowest BCUT2D eigenvalue weighted by atomic mass is 9.48. The van der Waals surface area contributed by atoms with Gasteiger partial charge in [-0.15, -0.1) is 0 Å². The predicted molar refractivity (Wildman–Crippen MR) is 170 cm³/mol. The van der Waals surface area contributed by atoms with Crippen LogP contribution in [0, 0.1) is 23.6 Å². The lowest BCUT2D eigenvalue weighted by Gasteiger charge is -2.57. The van der Waals surface area contributed by atoms with Crippen molar-refractivity contribution in [2.45, 2.75) is 102 Å². The molecule has 4 bridgehead atoms. The van der Waals surface area contributed by atoms with Gasteiger partial charge in [-0.3, -0.25) is 13.9 Å². The zero-order valence-electron chi connectivity index (χ0n) is 26.0. The van der Waals surface area contributed by atoms with Crippen LogP contribution >= 0.6 is 0 Å². The molecule has 7 rings (SSSR count). The summed E-state index contributed by atoms with van der Waals surface area (Å²) in [5.74, 6) is 1.30. The molecule has 0 heterocycles. The maximum Gasteiger partial charge on any atom is 0.244 e. The molecule has 5 saturated carbocycles. The Bertz CT molecular complexity index is 1420. The zero-order valence-corrected chi connectivity index (χ0v) is 26.8. The highest BCUT2D eigenvalue weighted by molar-refractivity contribution is 7.92. The van der Waals surface area contributed by atoms with Crippen molar-refractivity contribution in [1.29, 1.82) is 0 Å². The smallest absolute Gasteiger partial charge is 0.244 e. The van der Waals surface area contributed by atoms with Crippen LogP contribution in [0.4, 0.5) is 10.1 Å². The van der Waals surface area contributed by atoms with Crippen molar-refractivity contribution < 1.29 is 22.4 Å². The number of nitrogens with one attached hydrogen (secondary N) is 1. The van der Waals surface area contributed by atoms with Crippen LogP contribution in [-0.2, 0) is 31.6 Å². The van der Waals surface area contributed by atoms with Gasteiger partial charge in [0.2, 0.25) is 21.8 Å². The van der Waals surface area contributed by atoms with Crippen LogP contribution in [0.15, 0.2) is 48.5 Å². The Morgan fingerprint density at radius 1 is 0.932 bits per heavy atom. The van der Waals surface area contributed by atoms with E-state index in [1.807, 2.05) is 19.1 Å². The molecule has 2 amide bonds. The van der Waals surface area contributed by atoms with Gasteiger partial charge in [-0.25, -0.2) is 12.8 Å². The summed E-state index contributed by atoms with van der Waals surface area (Å²) in [6, 6.07) is 13.0. The molecule has 5 aliphatic rings. The molecule has 0 aromatic heterocycles. The summed E-state index contributed by atoms with van der Waals surface area (Å²) < 4.78 is 41.1. The number of hydrogen-bond acceptors (Lipinski definition) is 4. The van der Waals surface area contributed by atoms with E-state index in [0.717, 1.165) is 54.0 Å². The molecule has 0 spiro atoms. The van der Waals surface area contributed by atoms with Gasteiger partial charge in [0.25, 0.3) is 0 Å². The topological polar surface area (TPSA) is 86.8 Å². The average molecular weight is 624 g/mol. The number of carbonyl (C=O) groups excluding carboxylic acids is 2. The summed E-state index contributed by atoms with van der Waals surface area (Å²) in [5.41, 5.74) is 2.58. The maximum atomic E-state index is 14.0. The third kappa shape index (κ3) is 6.53. The van der Waals surface area contributed by atoms with Gasteiger partial charge >= 0.3 is 0 Å². The summed E-state index contributed by atoms with van der Waals surface area (Å²) in [4.78, 5) is 29.0. The molecule has 1 atom stereocenters. The Labute approximate surface area is 261 Å². The van der Waals surface area contributed by atoms with Crippen LogP contribution in [0.5, 0.6) is 0 Å². The molecule has 0 saturated heterocycles. The summed E-state index contributed by atoms with van der Waals surface area (Å²) in [7, 11) is -3.82. The molecule has 7 nitrogen and oxygen atoms in total. The van der Waals surface area contributed by atoms with Crippen LogP contribution < -0.4 is 9.62 Å². The fraction of sp³-hybridized carbons (Fsp3) is 0.600. The SMILES string of the molecule is CCC(C(=O)NC1CCCC1)N(Cc1ccc(F)cc1)C(=O)CN(c1ccc(C23CC4CC(CC(C4)C2)C3)cc1)S(C)(=O)=O. The number of sulfonamides is 1. The third-order valence-corrected chi connectivity index (χ3v) is 12.0. The van der Waals surface area contributed by atoms with E-state index >= 15 is 0 Å². The summed E-state index contributed by atoms with van der Waals surface area (Å²) >= 11 is 0. The summed E-state index contributed by atoms with van der Waals surface area (Å²) in [6.07, 6.45) is 13.1. The van der Waals surface area contributed by atoms with Crippen molar-refractivity contribution in [2.75, 3.05) is 17.1 Å². The highest BCUT2D eigenvalue weighted by Crippen LogP contribution is 2.60. The molecule has 9 heteroatoms. The van der Waals surface area contributed by atoms with Crippen LogP contribution in [0.3, 0.4) is 0 Å². The number of carbonyl (C=O) groups is 2. The molecule has 1 unspecified atom stereocenters. The Morgan fingerprint density at radius 2 is 1.50 bits per heavy atom. The summed E-state index contributed by atoms with van der Waals surface area (Å²) in [6.45, 7) is 1.49. The first kappa shape index (κ1) is 31.1. The second-order valence-corrected chi connectivity index (χ2v) is 16.0. The predicted octanol–water partition coefficient (Wildman–Crippen LogP) is 5.93. The maximum absolute atomic E-state index is 14.0. The van der Waals surface area contributed by atoms with Crippen molar-refractivity contribution >= 4 is 27.5 Å². The second kappa shape index (κ2) is 12.5. The Kier molecular flexibility index (Phi) is 8.79. The number of halogens is 1. The van der Waals surface area contributed by atoms with Crippen molar-refractivity contribution in [3.05, 3.63) is 65.5 Å². The second-order valence-electron chi connectivity index (χ2n) is 14.1. The van der Waals surface area contributed by atoms with Gasteiger partial charge in [0.15, 0.2) is 0 Å². The van der Waals surface area contributed by atoms with Gasteiger partial charge in [0.1, 0.15) is 18.4 Å². The third-order valence-electron chi connectivity index (χ3n) is 10.8. The number of anilines is 1. The van der Waals surface area contributed by atoms with E-state index in [2.05, 4.69) is 17.4 Å². The molecule has 5 fully saturated rings. The minimum absolute atomic E-state index is 0.0677. The van der Waals surface area contributed by atoms with Gasteiger partial charge in [0, 0.05) is 12.6 Å². The number of nitrogens with zero attached hydrogens (tertiary/aromatic N) is 2. The average Bonchev–Trinajstić information content (AvgIpc) is 3.48. The molecular weight excluding hydrogens is 577 g/mol. The van der Waals surface area contributed by atoms with Crippen molar-refractivity contribution in [3.63, 3.8) is 0 Å². The van der Waals surface area contributed by atoms with Crippen molar-refractivity contribution in [3.8, 4) is 0 Å². The highest BCUT2D eigenvalue weighted by atomic mass is 32.2. The number of hydrogen-bond donors (Lipinski definition) is 1. The van der Waals surface area contributed by atoms with Crippen LogP contribution in [0.2, 0.25) is 0 Å². The molecule has 2 aromatic rings. The first-order valence-electron chi connectivity index (χ1n) is 16.5. The lowest BCUT2D eigenvalue weighted by molar-refractivity contribution is -0.140. The van der Waals surface area contributed by atoms with Gasteiger partial charge in [-0.1, -0.05) is 44.0 Å². The quantitative estimate of drug-likeness (QED) is 0.337. The normalized spacial score (nSPS) is 26.8. The Balaban J connectivity index is 1.24. The molecule has 2 aromatic carbocycles. The molecule has 1 N–H and O–H groups in total. The minimum Gasteiger partial charge on any atom is -0.352 e. The lowest BCUT2D eigenvalue weighted by Crippen LogP contribution is -2.53. The van der Waals surface area contributed by atoms with Crippen LogP contribution in [0.1, 0.15) is 88.7 Å². The van der Waals surface area contributed by atoms with E-state index in [9.17, 15) is 22.4 Å². The Hall–Kier alpha value is -2.94. The molecule has 0 aliphatic heterocycles. The monoisotopic (exact) mass is 623 g/mol. The van der Waals surface area contributed by atoms with E-state index in [0.29, 0.717) is 17.7 Å². The van der Waals surface area contributed by atoms with Crippen LogP contribution in [0.25, 0.3) is 0 Å². The van der Waals surface area contributed by atoms with E-state index in [4.69, 9.17) is 0 Å². The van der Waals surface area contributed by atoms with Crippen molar-refractivity contribution in [2.24, 2.45) is 17.8 Å². The zero-order chi connectivity index (χ0) is 31.1. The molecule has 238 valence electrons. The van der Waals surface area contributed by atoms with Gasteiger partial charge in [-0.05, 0) is 116 Å². The number of benzene rings is 2. The van der Waals surface area contributed by atoms with Crippen molar-refractivity contribution in [1.82, 2.24) is 10.2 Å². The molecular formula is C35H46FN3O4S. The highest BCUT2D eigenvalue weighted by Gasteiger charge is 2.51. The first-order chi connectivity index (χ1) is 21.0. The van der Waals surface area contributed by atoms with Gasteiger partial charge in [-0.2, -0.15) is 0 Å². The summed E-state index contributed by atoms with van der Waals surface area (Å²) in [5, 5.41) is 3.11. The van der Waals surface area contributed by atoms with Gasteiger partial charge in [0.05, 0.1) is 11.9 Å². The number of rotatable bonds is 11. The fourth-order valence-electron chi connectivity index (χ4n) is 9.13. The van der Waals surface area contributed by atoms with E-state index in [1.165, 1.54) is 61.1 Å². The van der Waals surface area contributed by atoms with Gasteiger partial charge < -0.3 is 10.2 Å². The van der Waals surface area contributed by atoms with E-state index in [-0.39, 0.29) is 23.9 Å². The molecule has 44 heavy (non-hydrogen) atoms. The fourth-order valence-corrected chi connectivity index (χ4v) is 9.98. The minimum atomic E-state index is -3.82. The largest absolute Gasteiger partial charge is 0.352 e. The molecule has 5 aliphatic carbocycles. The first-order valence-corrected chi connectivity index (χ1v) is 18.3. The van der Waals surface area contributed by atoms with E-state index < -0.39 is 34.3 Å². The Morgan fingerprint density at radius 3 is 2.02 bits per heavy atom.